The van der Waals surface area contributed by atoms with E-state index in [1.807, 2.05) is 4.90 Å². The van der Waals surface area contributed by atoms with Gasteiger partial charge in [0.2, 0.25) is 5.91 Å². The molecule has 1 saturated heterocycles. The summed E-state index contributed by atoms with van der Waals surface area (Å²) in [6.07, 6.45) is 3.92. The predicted octanol–water partition coefficient (Wildman–Crippen LogP) is 2.82. The molecule has 0 bridgehead atoms. The molecular weight excluding hydrogens is 248 g/mol. The van der Waals surface area contributed by atoms with Crippen LogP contribution in [-0.2, 0) is 4.79 Å². The topological polar surface area (TPSA) is 46.3 Å². The van der Waals surface area contributed by atoms with Crippen LogP contribution in [0.5, 0.6) is 0 Å². The minimum atomic E-state index is 0. The Morgan fingerprint density at radius 3 is 2.61 bits per heavy atom. The molecule has 0 aromatic rings. The van der Waals surface area contributed by atoms with Gasteiger partial charge in [-0.05, 0) is 17.8 Å². The smallest absolute Gasteiger partial charge is 0.222 e. The van der Waals surface area contributed by atoms with E-state index in [4.69, 9.17) is 5.73 Å². The lowest BCUT2D eigenvalue weighted by atomic mass is 9.79. The van der Waals surface area contributed by atoms with Gasteiger partial charge in [0.15, 0.2) is 0 Å². The molecule has 18 heavy (non-hydrogen) atoms. The number of halogens is 1. The van der Waals surface area contributed by atoms with Crippen LogP contribution in [0.25, 0.3) is 0 Å². The van der Waals surface area contributed by atoms with Crippen LogP contribution < -0.4 is 5.73 Å². The van der Waals surface area contributed by atoms with Crippen molar-refractivity contribution in [3.8, 4) is 0 Å². The zero-order valence-corrected chi connectivity index (χ0v) is 13.1. The highest BCUT2D eigenvalue weighted by molar-refractivity contribution is 5.85. The second-order valence-corrected chi connectivity index (χ2v) is 6.30. The number of carbonyl (C=O) groups excluding carboxylic acids is 1. The standard InChI is InChI=1S/C14H28N2O.ClH/c1-5-6-11(2)9-13(17)16-8-7-12(15)14(3,4)10-16;/h11-12H,5-10,15H2,1-4H3;1H. The Kier molecular flexibility index (Phi) is 7.23. The highest BCUT2D eigenvalue weighted by Gasteiger charge is 2.35. The number of hydrogen-bond donors (Lipinski definition) is 1. The molecule has 1 rings (SSSR count). The maximum atomic E-state index is 12.2. The molecule has 0 radical (unpaired) electrons. The van der Waals surface area contributed by atoms with Crippen molar-refractivity contribution in [1.29, 1.82) is 0 Å². The van der Waals surface area contributed by atoms with Gasteiger partial charge in [0.25, 0.3) is 0 Å². The van der Waals surface area contributed by atoms with Gasteiger partial charge in [-0.25, -0.2) is 0 Å². The molecule has 3 nitrogen and oxygen atoms in total. The Morgan fingerprint density at radius 2 is 2.11 bits per heavy atom. The van der Waals surface area contributed by atoms with Gasteiger partial charge in [0, 0.05) is 25.6 Å². The molecule has 1 aliphatic heterocycles. The van der Waals surface area contributed by atoms with Crippen LogP contribution in [0.1, 0.15) is 53.4 Å². The van der Waals surface area contributed by atoms with E-state index in [-0.39, 0.29) is 23.9 Å². The van der Waals surface area contributed by atoms with E-state index in [0.29, 0.717) is 18.2 Å². The Hall–Kier alpha value is -0.280. The van der Waals surface area contributed by atoms with E-state index >= 15 is 0 Å². The summed E-state index contributed by atoms with van der Waals surface area (Å²) < 4.78 is 0. The maximum Gasteiger partial charge on any atom is 0.222 e. The molecule has 0 aromatic carbocycles. The van der Waals surface area contributed by atoms with Crippen LogP contribution in [0.4, 0.5) is 0 Å². The largest absolute Gasteiger partial charge is 0.342 e. The first kappa shape index (κ1) is 17.7. The molecule has 1 heterocycles. The summed E-state index contributed by atoms with van der Waals surface area (Å²) in [5, 5.41) is 0. The van der Waals surface area contributed by atoms with Gasteiger partial charge < -0.3 is 10.6 Å². The van der Waals surface area contributed by atoms with E-state index in [9.17, 15) is 4.79 Å². The monoisotopic (exact) mass is 276 g/mol. The number of rotatable bonds is 4. The molecule has 2 atom stereocenters. The molecular formula is C14H29ClN2O. The summed E-state index contributed by atoms with van der Waals surface area (Å²) in [6, 6.07) is 0.222. The minimum Gasteiger partial charge on any atom is -0.342 e. The highest BCUT2D eigenvalue weighted by atomic mass is 35.5. The van der Waals surface area contributed by atoms with Crippen molar-refractivity contribution >= 4 is 18.3 Å². The van der Waals surface area contributed by atoms with Crippen molar-refractivity contribution in [1.82, 2.24) is 4.90 Å². The lowest BCUT2D eigenvalue weighted by Crippen LogP contribution is -2.54. The van der Waals surface area contributed by atoms with Crippen molar-refractivity contribution in [2.75, 3.05) is 13.1 Å². The average molecular weight is 277 g/mol. The lowest BCUT2D eigenvalue weighted by Gasteiger charge is -2.42. The maximum absolute atomic E-state index is 12.2. The molecule has 1 amide bonds. The van der Waals surface area contributed by atoms with E-state index in [1.165, 1.54) is 0 Å². The first-order valence-corrected chi connectivity index (χ1v) is 6.90. The lowest BCUT2D eigenvalue weighted by molar-refractivity contribution is -0.135. The third-order valence-electron chi connectivity index (χ3n) is 3.97. The van der Waals surface area contributed by atoms with Gasteiger partial charge >= 0.3 is 0 Å². The zero-order chi connectivity index (χ0) is 13.1. The van der Waals surface area contributed by atoms with Gasteiger partial charge in [-0.1, -0.05) is 40.5 Å². The number of piperidine rings is 1. The summed E-state index contributed by atoms with van der Waals surface area (Å²) >= 11 is 0. The number of hydrogen-bond acceptors (Lipinski definition) is 2. The normalized spacial score (nSPS) is 24.3. The number of likely N-dealkylation sites (tertiary alicyclic amines) is 1. The number of carbonyl (C=O) groups is 1. The molecule has 0 spiro atoms. The fraction of sp³-hybridized carbons (Fsp3) is 0.929. The van der Waals surface area contributed by atoms with Crippen molar-refractivity contribution in [3.05, 3.63) is 0 Å². The summed E-state index contributed by atoms with van der Waals surface area (Å²) in [5.41, 5.74) is 6.14. The van der Waals surface area contributed by atoms with Crippen LogP contribution in [0.15, 0.2) is 0 Å². The molecule has 0 saturated carbocycles. The van der Waals surface area contributed by atoms with E-state index in [0.717, 1.165) is 32.4 Å². The molecule has 2 N–H and O–H groups in total. The summed E-state index contributed by atoms with van der Waals surface area (Å²) in [6.45, 7) is 10.3. The Labute approximate surface area is 118 Å². The van der Waals surface area contributed by atoms with Crippen LogP contribution in [-0.4, -0.2) is 29.9 Å². The van der Waals surface area contributed by atoms with Gasteiger partial charge in [-0.3, -0.25) is 4.79 Å². The van der Waals surface area contributed by atoms with Crippen molar-refractivity contribution in [3.63, 3.8) is 0 Å². The van der Waals surface area contributed by atoms with Crippen LogP contribution in [0, 0.1) is 11.3 Å². The van der Waals surface area contributed by atoms with E-state index in [1.54, 1.807) is 0 Å². The molecule has 1 fully saturated rings. The number of amides is 1. The fourth-order valence-corrected chi connectivity index (χ4v) is 2.61. The van der Waals surface area contributed by atoms with Crippen molar-refractivity contribution in [2.45, 2.75) is 59.4 Å². The first-order chi connectivity index (χ1) is 7.86. The molecule has 0 aromatic heterocycles. The highest BCUT2D eigenvalue weighted by Crippen LogP contribution is 2.28. The van der Waals surface area contributed by atoms with Crippen molar-refractivity contribution < 1.29 is 4.79 Å². The quantitative estimate of drug-likeness (QED) is 0.858. The SMILES string of the molecule is CCCC(C)CC(=O)N1CCC(N)C(C)(C)C1.Cl. The minimum absolute atomic E-state index is 0. The average Bonchev–Trinajstić information content (AvgIpc) is 2.22. The molecule has 0 aliphatic carbocycles. The zero-order valence-electron chi connectivity index (χ0n) is 12.2. The van der Waals surface area contributed by atoms with Gasteiger partial charge in [0.05, 0.1) is 0 Å². The van der Waals surface area contributed by atoms with Gasteiger partial charge in [-0.2, -0.15) is 0 Å². The second-order valence-electron chi connectivity index (χ2n) is 6.30. The second kappa shape index (κ2) is 7.34. The van der Waals surface area contributed by atoms with Gasteiger partial charge in [0.1, 0.15) is 0 Å². The van der Waals surface area contributed by atoms with Crippen LogP contribution in [0.2, 0.25) is 0 Å². The van der Waals surface area contributed by atoms with Crippen molar-refractivity contribution in [2.24, 2.45) is 17.1 Å². The summed E-state index contributed by atoms with van der Waals surface area (Å²) in [7, 11) is 0. The van der Waals surface area contributed by atoms with Gasteiger partial charge in [-0.15, -0.1) is 12.4 Å². The summed E-state index contributed by atoms with van der Waals surface area (Å²) in [5.74, 6) is 0.817. The Morgan fingerprint density at radius 1 is 1.50 bits per heavy atom. The number of nitrogens with two attached hydrogens (primary N) is 1. The first-order valence-electron chi connectivity index (χ1n) is 6.90. The third-order valence-corrected chi connectivity index (χ3v) is 3.97. The summed E-state index contributed by atoms with van der Waals surface area (Å²) in [4.78, 5) is 14.2. The molecule has 2 unspecified atom stereocenters. The third kappa shape index (κ3) is 4.77. The van der Waals surface area contributed by atoms with E-state index < -0.39 is 0 Å². The van der Waals surface area contributed by atoms with Crippen LogP contribution in [0.3, 0.4) is 0 Å². The Bertz CT molecular complexity index is 269. The molecule has 108 valence electrons. The molecule has 1 aliphatic rings. The van der Waals surface area contributed by atoms with E-state index in [2.05, 4.69) is 27.7 Å². The Balaban J connectivity index is 0.00000289. The molecule has 4 heteroatoms. The fourth-order valence-electron chi connectivity index (χ4n) is 2.61. The predicted molar refractivity (Wildman–Crippen MR) is 78.9 cm³/mol. The van der Waals surface area contributed by atoms with Crippen LogP contribution >= 0.6 is 12.4 Å². The number of nitrogens with zero attached hydrogens (tertiary/aromatic N) is 1.